The van der Waals surface area contributed by atoms with Crippen molar-refractivity contribution in [2.24, 2.45) is 0 Å². The van der Waals surface area contributed by atoms with Gasteiger partial charge in [0.05, 0.1) is 29.1 Å². The van der Waals surface area contributed by atoms with Crippen LogP contribution >= 0.6 is 0 Å². The number of hydrogen-bond donors (Lipinski definition) is 0. The minimum absolute atomic E-state index is 0.300. The van der Waals surface area contributed by atoms with E-state index in [1.54, 1.807) is 38.1 Å². The van der Waals surface area contributed by atoms with Crippen LogP contribution in [0, 0.1) is 6.92 Å². The standard InChI is InChI=1S/C18H15NO4/c1-3-22-17(20)13-8-9-15(19-11(13)2)14-10-12-6-4-5-7-16(12)23-18(14)21/h4-10H,3H2,1-2H3. The Labute approximate surface area is 132 Å². The van der Waals surface area contributed by atoms with Gasteiger partial charge in [0.1, 0.15) is 5.58 Å². The summed E-state index contributed by atoms with van der Waals surface area (Å²) in [6, 6.07) is 12.3. The van der Waals surface area contributed by atoms with Crippen molar-refractivity contribution < 1.29 is 13.9 Å². The molecule has 1 aromatic carbocycles. The van der Waals surface area contributed by atoms with E-state index < -0.39 is 11.6 Å². The minimum atomic E-state index is -0.459. The molecule has 3 rings (SSSR count). The summed E-state index contributed by atoms with van der Waals surface area (Å²) in [6.07, 6.45) is 0. The fourth-order valence-electron chi connectivity index (χ4n) is 2.38. The summed E-state index contributed by atoms with van der Waals surface area (Å²) < 4.78 is 10.3. The number of aromatic nitrogens is 1. The fourth-order valence-corrected chi connectivity index (χ4v) is 2.38. The predicted octanol–water partition coefficient (Wildman–Crippen LogP) is 3.34. The Morgan fingerprint density at radius 3 is 2.74 bits per heavy atom. The van der Waals surface area contributed by atoms with Crippen LogP contribution in [0.4, 0.5) is 0 Å². The molecule has 0 saturated heterocycles. The zero-order valence-electron chi connectivity index (χ0n) is 12.8. The molecule has 2 heterocycles. The minimum Gasteiger partial charge on any atom is -0.462 e. The van der Waals surface area contributed by atoms with E-state index in [0.29, 0.717) is 34.7 Å². The van der Waals surface area contributed by atoms with Crippen LogP contribution in [0.15, 0.2) is 51.7 Å². The van der Waals surface area contributed by atoms with Gasteiger partial charge in [-0.25, -0.2) is 9.59 Å². The normalized spacial score (nSPS) is 10.7. The van der Waals surface area contributed by atoms with Crippen molar-refractivity contribution in [3.05, 3.63) is 64.1 Å². The highest BCUT2D eigenvalue weighted by atomic mass is 16.5. The van der Waals surface area contributed by atoms with Crippen molar-refractivity contribution in [3.8, 4) is 11.3 Å². The average Bonchev–Trinajstić information content (AvgIpc) is 2.54. The van der Waals surface area contributed by atoms with Crippen molar-refractivity contribution >= 4 is 16.9 Å². The molecular weight excluding hydrogens is 294 g/mol. The van der Waals surface area contributed by atoms with Crippen LogP contribution in [0.5, 0.6) is 0 Å². The number of nitrogens with zero attached hydrogens (tertiary/aromatic N) is 1. The van der Waals surface area contributed by atoms with Crippen LogP contribution in [0.25, 0.3) is 22.2 Å². The third-order valence-corrected chi connectivity index (χ3v) is 3.50. The summed E-state index contributed by atoms with van der Waals surface area (Å²) in [5.41, 5.74) is 1.80. The second kappa shape index (κ2) is 6.04. The molecule has 0 atom stereocenters. The van der Waals surface area contributed by atoms with E-state index in [4.69, 9.17) is 9.15 Å². The maximum atomic E-state index is 12.2. The van der Waals surface area contributed by atoms with Gasteiger partial charge in [-0.1, -0.05) is 18.2 Å². The third kappa shape index (κ3) is 2.85. The molecule has 5 nitrogen and oxygen atoms in total. The van der Waals surface area contributed by atoms with Gasteiger partial charge in [-0.05, 0) is 38.1 Å². The van der Waals surface area contributed by atoms with Gasteiger partial charge in [0.2, 0.25) is 0 Å². The monoisotopic (exact) mass is 309 g/mol. The maximum Gasteiger partial charge on any atom is 0.345 e. The zero-order valence-corrected chi connectivity index (χ0v) is 12.8. The molecule has 0 aliphatic heterocycles. The van der Waals surface area contributed by atoms with E-state index in [-0.39, 0.29) is 0 Å². The summed E-state index contributed by atoms with van der Waals surface area (Å²) in [6.45, 7) is 3.75. The number of carbonyl (C=O) groups excluding carboxylic acids is 1. The second-order valence-corrected chi connectivity index (χ2v) is 5.04. The molecule has 5 heteroatoms. The maximum absolute atomic E-state index is 12.2. The third-order valence-electron chi connectivity index (χ3n) is 3.50. The smallest absolute Gasteiger partial charge is 0.345 e. The van der Waals surface area contributed by atoms with Gasteiger partial charge in [0.25, 0.3) is 0 Å². The van der Waals surface area contributed by atoms with E-state index >= 15 is 0 Å². The molecule has 0 saturated carbocycles. The number of fused-ring (bicyclic) bond motifs is 1. The summed E-state index contributed by atoms with van der Waals surface area (Å²) >= 11 is 0. The first-order chi connectivity index (χ1) is 11.1. The average molecular weight is 309 g/mol. The van der Waals surface area contributed by atoms with Crippen LogP contribution in [0.3, 0.4) is 0 Å². The Morgan fingerprint density at radius 2 is 2.00 bits per heavy atom. The highest BCUT2D eigenvalue weighted by molar-refractivity contribution is 5.91. The lowest BCUT2D eigenvalue weighted by molar-refractivity contribution is 0.0525. The molecule has 2 aromatic heterocycles. The molecule has 3 aromatic rings. The van der Waals surface area contributed by atoms with Gasteiger partial charge in [0, 0.05) is 5.39 Å². The molecule has 0 N–H and O–H groups in total. The molecule has 0 radical (unpaired) electrons. The molecular formula is C18H15NO4. The van der Waals surface area contributed by atoms with Gasteiger partial charge in [-0.3, -0.25) is 4.98 Å². The number of carbonyl (C=O) groups is 1. The van der Waals surface area contributed by atoms with Crippen molar-refractivity contribution in [1.29, 1.82) is 0 Å². The van der Waals surface area contributed by atoms with Crippen LogP contribution in [-0.4, -0.2) is 17.6 Å². The first-order valence-electron chi connectivity index (χ1n) is 7.28. The predicted molar refractivity (Wildman–Crippen MR) is 86.4 cm³/mol. The van der Waals surface area contributed by atoms with Gasteiger partial charge in [-0.2, -0.15) is 0 Å². The lowest BCUT2D eigenvalue weighted by Crippen LogP contribution is -2.09. The first-order valence-corrected chi connectivity index (χ1v) is 7.28. The largest absolute Gasteiger partial charge is 0.462 e. The Hall–Kier alpha value is -2.95. The van der Waals surface area contributed by atoms with Crippen molar-refractivity contribution in [1.82, 2.24) is 4.98 Å². The Bertz CT molecular complexity index is 943. The Morgan fingerprint density at radius 1 is 1.22 bits per heavy atom. The number of benzene rings is 1. The van der Waals surface area contributed by atoms with E-state index in [2.05, 4.69) is 4.98 Å². The topological polar surface area (TPSA) is 69.4 Å². The molecule has 0 aliphatic carbocycles. The molecule has 116 valence electrons. The second-order valence-electron chi connectivity index (χ2n) is 5.04. The summed E-state index contributed by atoms with van der Waals surface area (Å²) in [7, 11) is 0. The highest BCUT2D eigenvalue weighted by Crippen LogP contribution is 2.21. The van der Waals surface area contributed by atoms with Crippen LogP contribution in [0.1, 0.15) is 23.0 Å². The zero-order chi connectivity index (χ0) is 16.4. The van der Waals surface area contributed by atoms with Crippen molar-refractivity contribution in [2.45, 2.75) is 13.8 Å². The Balaban J connectivity index is 2.09. The highest BCUT2D eigenvalue weighted by Gasteiger charge is 2.14. The lowest BCUT2D eigenvalue weighted by Gasteiger charge is -2.07. The first kappa shape index (κ1) is 15.0. The summed E-state index contributed by atoms with van der Waals surface area (Å²) in [5.74, 6) is -0.422. The lowest BCUT2D eigenvalue weighted by atomic mass is 10.1. The molecule has 0 spiro atoms. The number of hydrogen-bond acceptors (Lipinski definition) is 5. The molecule has 0 fully saturated rings. The molecule has 0 amide bonds. The van der Waals surface area contributed by atoms with E-state index in [1.165, 1.54) is 0 Å². The molecule has 23 heavy (non-hydrogen) atoms. The number of rotatable bonds is 3. The Kier molecular flexibility index (Phi) is 3.93. The van der Waals surface area contributed by atoms with Crippen molar-refractivity contribution in [2.75, 3.05) is 6.61 Å². The van der Waals surface area contributed by atoms with Gasteiger partial charge in [-0.15, -0.1) is 0 Å². The van der Waals surface area contributed by atoms with Crippen LogP contribution in [0.2, 0.25) is 0 Å². The number of para-hydroxylation sites is 1. The van der Waals surface area contributed by atoms with Crippen LogP contribution in [-0.2, 0) is 4.74 Å². The van der Waals surface area contributed by atoms with Gasteiger partial charge in [0.15, 0.2) is 0 Å². The number of ether oxygens (including phenoxy) is 1. The molecule has 0 aliphatic rings. The molecule has 0 bridgehead atoms. The number of esters is 1. The van der Waals surface area contributed by atoms with E-state index in [0.717, 1.165) is 5.39 Å². The summed E-state index contributed by atoms with van der Waals surface area (Å²) in [5, 5.41) is 0.816. The van der Waals surface area contributed by atoms with Crippen molar-refractivity contribution in [3.63, 3.8) is 0 Å². The SMILES string of the molecule is CCOC(=O)c1ccc(-c2cc3ccccc3oc2=O)nc1C. The quantitative estimate of drug-likeness (QED) is 0.548. The van der Waals surface area contributed by atoms with Gasteiger partial charge < -0.3 is 9.15 Å². The number of aryl methyl sites for hydroxylation is 1. The summed E-state index contributed by atoms with van der Waals surface area (Å²) in [4.78, 5) is 28.3. The number of pyridine rings is 1. The van der Waals surface area contributed by atoms with Gasteiger partial charge >= 0.3 is 11.6 Å². The van der Waals surface area contributed by atoms with E-state index in [9.17, 15) is 9.59 Å². The molecule has 0 unspecified atom stereocenters. The fraction of sp³-hybridized carbons (Fsp3) is 0.167. The van der Waals surface area contributed by atoms with Crippen LogP contribution < -0.4 is 5.63 Å². The van der Waals surface area contributed by atoms with E-state index in [1.807, 2.05) is 18.2 Å².